The van der Waals surface area contributed by atoms with Crippen LogP contribution in [0.15, 0.2) is 90.0 Å². The topological polar surface area (TPSA) is 114 Å². The van der Waals surface area contributed by atoms with Crippen LogP contribution in [-0.2, 0) is 26.5 Å². The Labute approximate surface area is 231 Å². The number of ether oxygens (including phenoxy) is 1. The molecule has 0 saturated carbocycles. The van der Waals surface area contributed by atoms with Gasteiger partial charge in [-0.15, -0.1) is 0 Å². The molecule has 1 saturated heterocycles. The minimum atomic E-state index is -1.58. The van der Waals surface area contributed by atoms with Gasteiger partial charge in [-0.25, -0.2) is 9.78 Å². The van der Waals surface area contributed by atoms with E-state index in [0.29, 0.717) is 22.2 Å². The van der Waals surface area contributed by atoms with E-state index in [9.17, 15) is 19.5 Å². The number of aliphatic hydroxyl groups is 1. The van der Waals surface area contributed by atoms with Crippen molar-refractivity contribution >= 4 is 28.5 Å². The highest BCUT2D eigenvalue weighted by molar-refractivity contribution is 5.90. The molecule has 4 aromatic rings. The van der Waals surface area contributed by atoms with Crippen molar-refractivity contribution in [3.8, 4) is 0 Å². The van der Waals surface area contributed by atoms with Gasteiger partial charge in [-0.3, -0.25) is 14.2 Å². The number of esters is 1. The molecule has 0 radical (unpaired) electrons. The summed E-state index contributed by atoms with van der Waals surface area (Å²) in [6.45, 7) is 3.71. The highest BCUT2D eigenvalue weighted by Crippen LogP contribution is 2.49. The molecule has 2 aliphatic heterocycles. The maximum atomic E-state index is 14.4. The Morgan fingerprint density at radius 2 is 1.75 bits per heavy atom. The summed E-state index contributed by atoms with van der Waals surface area (Å²) in [4.78, 5) is 47.4. The highest BCUT2D eigenvalue weighted by atomic mass is 16.5. The third-order valence-corrected chi connectivity index (χ3v) is 7.88. The van der Waals surface area contributed by atoms with Crippen LogP contribution in [0.3, 0.4) is 0 Å². The molecule has 1 aromatic heterocycles. The van der Waals surface area contributed by atoms with E-state index < -0.39 is 41.3 Å². The van der Waals surface area contributed by atoms with Gasteiger partial charge in [-0.2, -0.15) is 0 Å². The highest BCUT2D eigenvalue weighted by Gasteiger charge is 2.59. The second-order valence-corrected chi connectivity index (χ2v) is 10.7. The Morgan fingerprint density at radius 1 is 1.05 bits per heavy atom. The van der Waals surface area contributed by atoms with Crippen molar-refractivity contribution in [2.24, 2.45) is 5.92 Å². The molecule has 0 bridgehead atoms. The van der Waals surface area contributed by atoms with Gasteiger partial charge in [0.2, 0.25) is 5.91 Å². The van der Waals surface area contributed by atoms with Gasteiger partial charge in [0.05, 0.1) is 17.2 Å². The van der Waals surface area contributed by atoms with Crippen molar-refractivity contribution < 1.29 is 19.4 Å². The lowest BCUT2D eigenvalue weighted by Crippen LogP contribution is -2.66. The molecule has 1 amide bonds. The standard InChI is InChI=1S/C31H30N4O5/c1-19(2)26(29(38)40-17-20-10-4-3-5-11-20)35-28(37)25(34-18-32-23-14-8-6-12-21(23)27(34)36)16-31(39)22-13-7-9-15-24(22)33-30(31)35/h3-15,18-19,25-26,30,33,39H,16-17H2,1-2H3/t25-,26-,30+,31-/m0/s1. The fourth-order valence-electron chi connectivity index (χ4n) is 5.94. The average Bonchev–Trinajstić information content (AvgIpc) is 3.26. The summed E-state index contributed by atoms with van der Waals surface area (Å²) in [6.07, 6.45) is 0.344. The Balaban J connectivity index is 1.44. The third-order valence-electron chi connectivity index (χ3n) is 7.88. The van der Waals surface area contributed by atoms with E-state index in [-0.39, 0.29) is 18.9 Å². The molecule has 1 fully saturated rings. The molecule has 2 N–H and O–H groups in total. The van der Waals surface area contributed by atoms with Crippen molar-refractivity contribution in [2.45, 2.75) is 50.7 Å². The molecular weight excluding hydrogens is 508 g/mol. The van der Waals surface area contributed by atoms with Crippen LogP contribution in [0.4, 0.5) is 5.69 Å². The summed E-state index contributed by atoms with van der Waals surface area (Å²) in [6, 6.07) is 21.4. The zero-order valence-electron chi connectivity index (χ0n) is 22.2. The summed E-state index contributed by atoms with van der Waals surface area (Å²) in [7, 11) is 0. The molecule has 6 rings (SSSR count). The molecule has 9 heteroatoms. The number of likely N-dealkylation sites (tertiary alicyclic amines) is 1. The lowest BCUT2D eigenvalue weighted by atomic mass is 9.80. The molecule has 204 valence electrons. The number of nitrogens with one attached hydrogen (secondary N) is 1. The first-order chi connectivity index (χ1) is 19.3. The van der Waals surface area contributed by atoms with Crippen molar-refractivity contribution in [1.82, 2.24) is 14.5 Å². The third kappa shape index (κ3) is 4.14. The second-order valence-electron chi connectivity index (χ2n) is 10.7. The number of nitrogens with zero attached hydrogens (tertiary/aromatic N) is 3. The summed E-state index contributed by atoms with van der Waals surface area (Å²) >= 11 is 0. The molecule has 0 aliphatic carbocycles. The van der Waals surface area contributed by atoms with Crippen LogP contribution >= 0.6 is 0 Å². The smallest absolute Gasteiger partial charge is 0.329 e. The van der Waals surface area contributed by atoms with Gasteiger partial charge in [0.15, 0.2) is 0 Å². The molecule has 3 aromatic carbocycles. The number of aromatic nitrogens is 2. The molecule has 4 atom stereocenters. The van der Waals surface area contributed by atoms with Crippen LogP contribution in [0.2, 0.25) is 0 Å². The lowest BCUT2D eigenvalue weighted by Gasteiger charge is -2.49. The Morgan fingerprint density at radius 3 is 2.52 bits per heavy atom. The first-order valence-electron chi connectivity index (χ1n) is 13.4. The van der Waals surface area contributed by atoms with Gasteiger partial charge in [0.1, 0.15) is 30.5 Å². The zero-order chi connectivity index (χ0) is 28.0. The molecule has 2 aliphatic rings. The average molecular weight is 539 g/mol. The number of hydrogen-bond acceptors (Lipinski definition) is 7. The van der Waals surface area contributed by atoms with E-state index in [4.69, 9.17) is 4.74 Å². The van der Waals surface area contributed by atoms with Crippen molar-refractivity contribution in [3.05, 3.63) is 107 Å². The first-order valence-corrected chi connectivity index (χ1v) is 13.4. The zero-order valence-corrected chi connectivity index (χ0v) is 22.2. The number of rotatable bonds is 6. The Bertz CT molecular complexity index is 1650. The van der Waals surface area contributed by atoms with Gasteiger partial charge in [0, 0.05) is 17.7 Å². The van der Waals surface area contributed by atoms with E-state index in [2.05, 4.69) is 10.3 Å². The molecule has 0 unspecified atom stereocenters. The minimum absolute atomic E-state index is 0.0466. The summed E-state index contributed by atoms with van der Waals surface area (Å²) in [5.74, 6) is -1.41. The Hall–Kier alpha value is -4.50. The second kappa shape index (κ2) is 9.91. The number of benzene rings is 3. The van der Waals surface area contributed by atoms with Crippen LogP contribution in [0.1, 0.15) is 37.4 Å². The molecular formula is C31H30N4O5. The normalized spacial score (nSPS) is 22.5. The number of fused-ring (bicyclic) bond motifs is 4. The fraction of sp³-hybridized carbons (Fsp3) is 0.290. The summed E-state index contributed by atoms with van der Waals surface area (Å²) in [5, 5.41) is 15.9. The summed E-state index contributed by atoms with van der Waals surface area (Å²) in [5.41, 5.74) is 0.628. The number of piperidine rings is 1. The number of anilines is 1. The van der Waals surface area contributed by atoms with Crippen molar-refractivity contribution in [2.75, 3.05) is 5.32 Å². The Kier molecular flexibility index (Phi) is 6.38. The predicted molar refractivity (Wildman–Crippen MR) is 149 cm³/mol. The molecule has 3 heterocycles. The van der Waals surface area contributed by atoms with E-state index in [1.165, 1.54) is 15.8 Å². The molecule has 9 nitrogen and oxygen atoms in total. The SMILES string of the molecule is CC(C)[C@@H](C(=O)OCc1ccccc1)N1C(=O)[C@@H](n2cnc3ccccc3c2=O)C[C@]2(O)c3ccccc3N[C@H]12. The van der Waals surface area contributed by atoms with Crippen LogP contribution in [0, 0.1) is 5.92 Å². The van der Waals surface area contributed by atoms with E-state index in [1.54, 1.807) is 30.3 Å². The lowest BCUT2D eigenvalue weighted by molar-refractivity contribution is -0.176. The van der Waals surface area contributed by atoms with Crippen LogP contribution in [-0.4, -0.2) is 43.6 Å². The van der Waals surface area contributed by atoms with Crippen LogP contribution in [0.5, 0.6) is 0 Å². The van der Waals surface area contributed by atoms with Gasteiger partial charge in [-0.1, -0.05) is 74.5 Å². The fourth-order valence-corrected chi connectivity index (χ4v) is 5.94. The maximum absolute atomic E-state index is 14.4. The van der Waals surface area contributed by atoms with Crippen molar-refractivity contribution in [1.29, 1.82) is 0 Å². The van der Waals surface area contributed by atoms with E-state index >= 15 is 0 Å². The van der Waals surface area contributed by atoms with Crippen molar-refractivity contribution in [3.63, 3.8) is 0 Å². The largest absolute Gasteiger partial charge is 0.459 e. The number of para-hydroxylation sites is 2. The van der Waals surface area contributed by atoms with Gasteiger partial charge in [-0.05, 0) is 29.7 Å². The molecule has 0 spiro atoms. The number of hydrogen-bond donors (Lipinski definition) is 2. The predicted octanol–water partition coefficient (Wildman–Crippen LogP) is 3.58. The number of carbonyl (C=O) groups is 2. The van der Waals surface area contributed by atoms with E-state index in [1.807, 2.05) is 62.4 Å². The first kappa shape index (κ1) is 25.8. The van der Waals surface area contributed by atoms with E-state index in [0.717, 1.165) is 5.56 Å². The monoisotopic (exact) mass is 538 g/mol. The van der Waals surface area contributed by atoms with Crippen LogP contribution < -0.4 is 10.9 Å². The maximum Gasteiger partial charge on any atom is 0.329 e. The minimum Gasteiger partial charge on any atom is -0.459 e. The number of carbonyl (C=O) groups excluding carboxylic acids is 2. The summed E-state index contributed by atoms with van der Waals surface area (Å²) < 4.78 is 6.99. The quantitative estimate of drug-likeness (QED) is 0.361. The van der Waals surface area contributed by atoms with Gasteiger partial charge >= 0.3 is 5.97 Å². The van der Waals surface area contributed by atoms with Crippen LogP contribution in [0.25, 0.3) is 10.9 Å². The van der Waals surface area contributed by atoms with Gasteiger partial charge in [0.25, 0.3) is 5.56 Å². The molecule has 40 heavy (non-hydrogen) atoms. The van der Waals surface area contributed by atoms with Gasteiger partial charge < -0.3 is 20.1 Å². The number of amides is 1.